The summed E-state index contributed by atoms with van der Waals surface area (Å²) in [6.07, 6.45) is 3.34. The summed E-state index contributed by atoms with van der Waals surface area (Å²) >= 11 is 0. The molecule has 0 radical (unpaired) electrons. The highest BCUT2D eigenvalue weighted by Gasteiger charge is 2.25. The molecule has 4 nitrogen and oxygen atoms in total. The predicted octanol–water partition coefficient (Wildman–Crippen LogP) is 2.96. The Hall–Kier alpha value is -1.45. The number of amides is 1. The van der Waals surface area contributed by atoms with Crippen molar-refractivity contribution in [2.45, 2.75) is 45.8 Å². The molecule has 4 heteroatoms. The minimum atomic E-state index is -0.449. The summed E-state index contributed by atoms with van der Waals surface area (Å²) in [6, 6.07) is 1.98. The minimum Gasteiger partial charge on any atom is -0.467 e. The summed E-state index contributed by atoms with van der Waals surface area (Å²) in [6.45, 7) is 6.86. The van der Waals surface area contributed by atoms with E-state index in [4.69, 9.17) is 9.15 Å². The van der Waals surface area contributed by atoms with Gasteiger partial charge in [0.05, 0.1) is 12.8 Å². The summed E-state index contributed by atoms with van der Waals surface area (Å²) in [5.41, 5.74) is 0.756. The number of fused-ring (bicyclic) bond motifs is 1. The van der Waals surface area contributed by atoms with Crippen molar-refractivity contribution in [2.24, 2.45) is 0 Å². The molecule has 2 rings (SSSR count). The Bertz CT molecular complexity index is 403. The fourth-order valence-electron chi connectivity index (χ4n) is 1.92. The Kier molecular flexibility index (Phi) is 3.13. The molecular formula is C13H19NO3. The first kappa shape index (κ1) is 12.0. The topological polar surface area (TPSA) is 42.7 Å². The van der Waals surface area contributed by atoms with Crippen LogP contribution in [0.25, 0.3) is 0 Å². The number of carbonyl (C=O) groups excluding carboxylic acids is 1. The van der Waals surface area contributed by atoms with Crippen LogP contribution in [-0.2, 0) is 17.7 Å². The average molecular weight is 237 g/mol. The van der Waals surface area contributed by atoms with Gasteiger partial charge in [0.15, 0.2) is 0 Å². The smallest absolute Gasteiger partial charge is 0.410 e. The summed E-state index contributed by atoms with van der Waals surface area (Å²) < 4.78 is 10.8. The van der Waals surface area contributed by atoms with Crippen molar-refractivity contribution in [3.8, 4) is 0 Å². The zero-order valence-corrected chi connectivity index (χ0v) is 10.7. The Labute approximate surface area is 102 Å². The van der Waals surface area contributed by atoms with E-state index in [1.807, 2.05) is 26.8 Å². The zero-order valence-electron chi connectivity index (χ0n) is 10.7. The first-order valence-electron chi connectivity index (χ1n) is 5.99. The summed E-state index contributed by atoms with van der Waals surface area (Å²) in [7, 11) is 0. The molecule has 0 aliphatic carbocycles. The molecular weight excluding hydrogens is 218 g/mol. The first-order chi connectivity index (χ1) is 7.96. The largest absolute Gasteiger partial charge is 0.467 e. The second kappa shape index (κ2) is 4.43. The van der Waals surface area contributed by atoms with Crippen molar-refractivity contribution in [1.29, 1.82) is 0 Å². The van der Waals surface area contributed by atoms with Crippen LogP contribution in [0.3, 0.4) is 0 Å². The van der Waals surface area contributed by atoms with Crippen LogP contribution in [0.1, 0.15) is 38.5 Å². The number of aryl methyl sites for hydroxylation is 1. The quantitative estimate of drug-likeness (QED) is 0.696. The molecule has 0 spiro atoms. The van der Waals surface area contributed by atoms with Crippen LogP contribution >= 0.6 is 0 Å². The Morgan fingerprint density at radius 2 is 2.24 bits per heavy atom. The number of rotatable bonds is 0. The standard InChI is InChI=1S/C13H19NO3/c1-13(2,3)17-12(15)14-7-4-5-10-6-8-16-11(10)9-14/h6,8H,4-5,7,9H2,1-3H3. The van der Waals surface area contributed by atoms with Crippen molar-refractivity contribution in [2.75, 3.05) is 6.54 Å². The van der Waals surface area contributed by atoms with E-state index >= 15 is 0 Å². The normalized spacial score (nSPS) is 16.3. The zero-order chi connectivity index (χ0) is 12.5. The predicted molar refractivity (Wildman–Crippen MR) is 63.7 cm³/mol. The Balaban J connectivity index is 2.06. The maximum Gasteiger partial charge on any atom is 0.410 e. The van der Waals surface area contributed by atoms with Gasteiger partial charge in [0.1, 0.15) is 11.4 Å². The number of hydrogen-bond acceptors (Lipinski definition) is 3. The molecule has 1 aromatic rings. The van der Waals surface area contributed by atoms with E-state index in [1.54, 1.807) is 11.2 Å². The third kappa shape index (κ3) is 3.02. The third-order valence-corrected chi connectivity index (χ3v) is 2.70. The summed E-state index contributed by atoms with van der Waals surface area (Å²) in [5.74, 6) is 0.883. The van der Waals surface area contributed by atoms with Gasteiger partial charge in [0, 0.05) is 6.54 Å². The number of nitrogens with zero attached hydrogens (tertiary/aromatic N) is 1. The molecule has 0 fully saturated rings. The van der Waals surface area contributed by atoms with Gasteiger partial charge in [-0.3, -0.25) is 0 Å². The van der Waals surface area contributed by atoms with Crippen LogP contribution in [0, 0.1) is 0 Å². The first-order valence-corrected chi connectivity index (χ1v) is 5.99. The van der Waals surface area contributed by atoms with Crippen LogP contribution in [0.15, 0.2) is 16.7 Å². The van der Waals surface area contributed by atoms with Crippen molar-refractivity contribution >= 4 is 6.09 Å². The molecule has 17 heavy (non-hydrogen) atoms. The lowest BCUT2D eigenvalue weighted by Gasteiger charge is -2.26. The van der Waals surface area contributed by atoms with Gasteiger partial charge in [0.2, 0.25) is 0 Å². The van der Waals surface area contributed by atoms with E-state index in [0.29, 0.717) is 6.54 Å². The van der Waals surface area contributed by atoms with Gasteiger partial charge in [-0.05, 0) is 45.2 Å². The second-order valence-electron chi connectivity index (χ2n) is 5.37. The van der Waals surface area contributed by atoms with E-state index in [0.717, 1.165) is 25.1 Å². The second-order valence-corrected chi connectivity index (χ2v) is 5.37. The van der Waals surface area contributed by atoms with Gasteiger partial charge in [-0.2, -0.15) is 0 Å². The molecule has 0 unspecified atom stereocenters. The van der Waals surface area contributed by atoms with Gasteiger partial charge in [-0.25, -0.2) is 4.79 Å². The van der Waals surface area contributed by atoms with Gasteiger partial charge < -0.3 is 14.1 Å². The summed E-state index contributed by atoms with van der Waals surface area (Å²) in [5, 5.41) is 0. The van der Waals surface area contributed by atoms with E-state index < -0.39 is 5.60 Å². The Morgan fingerprint density at radius 3 is 2.94 bits per heavy atom. The molecule has 0 saturated carbocycles. The molecule has 1 aliphatic heterocycles. The molecule has 1 aliphatic rings. The molecule has 0 N–H and O–H groups in total. The Morgan fingerprint density at radius 1 is 1.47 bits per heavy atom. The van der Waals surface area contributed by atoms with Crippen LogP contribution in [-0.4, -0.2) is 23.1 Å². The van der Waals surface area contributed by atoms with Crippen LogP contribution < -0.4 is 0 Å². The van der Waals surface area contributed by atoms with Crippen molar-refractivity contribution in [3.63, 3.8) is 0 Å². The molecule has 0 bridgehead atoms. The molecule has 94 valence electrons. The van der Waals surface area contributed by atoms with Crippen molar-refractivity contribution < 1.29 is 13.9 Å². The van der Waals surface area contributed by atoms with Crippen LogP contribution in [0.5, 0.6) is 0 Å². The maximum atomic E-state index is 12.0. The lowest BCUT2D eigenvalue weighted by atomic mass is 10.1. The third-order valence-electron chi connectivity index (χ3n) is 2.70. The van der Waals surface area contributed by atoms with E-state index in [1.165, 1.54) is 5.56 Å². The van der Waals surface area contributed by atoms with Gasteiger partial charge >= 0.3 is 6.09 Å². The highest BCUT2D eigenvalue weighted by Crippen LogP contribution is 2.21. The van der Waals surface area contributed by atoms with Gasteiger partial charge in [0.25, 0.3) is 0 Å². The molecule has 0 atom stereocenters. The molecule has 0 saturated heterocycles. The number of furan rings is 1. The van der Waals surface area contributed by atoms with E-state index in [9.17, 15) is 4.79 Å². The number of carbonyl (C=O) groups is 1. The monoisotopic (exact) mass is 237 g/mol. The fourth-order valence-corrected chi connectivity index (χ4v) is 1.92. The van der Waals surface area contributed by atoms with Crippen LogP contribution in [0.2, 0.25) is 0 Å². The highest BCUT2D eigenvalue weighted by molar-refractivity contribution is 5.68. The van der Waals surface area contributed by atoms with Crippen LogP contribution in [0.4, 0.5) is 4.79 Å². The maximum absolute atomic E-state index is 12.0. The van der Waals surface area contributed by atoms with Crippen molar-refractivity contribution in [3.05, 3.63) is 23.7 Å². The van der Waals surface area contributed by atoms with Crippen molar-refractivity contribution in [1.82, 2.24) is 4.90 Å². The molecule has 2 heterocycles. The lowest BCUT2D eigenvalue weighted by molar-refractivity contribution is 0.0225. The molecule has 1 amide bonds. The minimum absolute atomic E-state index is 0.262. The van der Waals surface area contributed by atoms with Gasteiger partial charge in [-0.1, -0.05) is 0 Å². The van der Waals surface area contributed by atoms with E-state index in [2.05, 4.69) is 0 Å². The number of ether oxygens (including phenoxy) is 1. The number of hydrogen-bond donors (Lipinski definition) is 0. The molecule has 0 aromatic carbocycles. The van der Waals surface area contributed by atoms with Gasteiger partial charge in [-0.15, -0.1) is 0 Å². The van der Waals surface area contributed by atoms with E-state index in [-0.39, 0.29) is 6.09 Å². The lowest BCUT2D eigenvalue weighted by Crippen LogP contribution is -2.36. The fraction of sp³-hybridized carbons (Fsp3) is 0.615. The SMILES string of the molecule is CC(C)(C)OC(=O)N1CCCc2ccoc2C1. The average Bonchev–Trinajstić information content (AvgIpc) is 2.53. The summed E-state index contributed by atoms with van der Waals surface area (Å²) in [4.78, 5) is 13.7. The molecule has 1 aromatic heterocycles. The highest BCUT2D eigenvalue weighted by atomic mass is 16.6.